The number of ether oxygens (including phenoxy) is 2. The molecule has 0 atom stereocenters. The van der Waals surface area contributed by atoms with Crippen LogP contribution in [0.15, 0.2) is 24.3 Å². The highest BCUT2D eigenvalue weighted by molar-refractivity contribution is 5.86. The number of benzene rings is 1. The molecule has 1 aromatic carbocycles. The van der Waals surface area contributed by atoms with Crippen LogP contribution in [0.2, 0.25) is 0 Å². The molecule has 1 N–H and O–H groups in total. The Kier molecular flexibility index (Phi) is 6.04. The molecule has 0 fully saturated rings. The van der Waals surface area contributed by atoms with E-state index in [1.54, 1.807) is 32.2 Å². The summed E-state index contributed by atoms with van der Waals surface area (Å²) in [4.78, 5) is 10.6. The highest BCUT2D eigenvalue weighted by Crippen LogP contribution is 2.32. The van der Waals surface area contributed by atoms with Gasteiger partial charge in [0.1, 0.15) is 0 Å². The largest absolute Gasteiger partial charge is 0.493 e. The molecule has 0 aliphatic heterocycles. The summed E-state index contributed by atoms with van der Waals surface area (Å²) in [7, 11) is 1.54. The van der Waals surface area contributed by atoms with Crippen molar-refractivity contribution in [3.63, 3.8) is 0 Å². The summed E-state index contributed by atoms with van der Waals surface area (Å²) >= 11 is 0. The van der Waals surface area contributed by atoms with Gasteiger partial charge < -0.3 is 14.6 Å². The van der Waals surface area contributed by atoms with Crippen molar-refractivity contribution in [1.82, 2.24) is 0 Å². The lowest BCUT2D eigenvalue weighted by atomic mass is 10.1. The summed E-state index contributed by atoms with van der Waals surface area (Å²) in [5.74, 6) is 5.77. The van der Waals surface area contributed by atoms with Gasteiger partial charge in [-0.25, -0.2) is 4.79 Å². The van der Waals surface area contributed by atoms with Crippen LogP contribution in [0.3, 0.4) is 0 Å². The van der Waals surface area contributed by atoms with Gasteiger partial charge in [-0.15, -0.1) is 11.8 Å². The minimum absolute atomic E-state index is 0.426. The van der Waals surface area contributed by atoms with E-state index < -0.39 is 5.97 Å². The molecule has 1 rings (SSSR count). The van der Waals surface area contributed by atoms with Crippen LogP contribution in [-0.4, -0.2) is 24.8 Å². The average Bonchev–Trinajstić information content (AvgIpc) is 2.41. The molecule has 100 valence electrons. The van der Waals surface area contributed by atoms with Crippen LogP contribution in [0.25, 0.3) is 6.08 Å². The van der Waals surface area contributed by atoms with Gasteiger partial charge in [0.05, 0.1) is 13.7 Å². The molecule has 0 aliphatic rings. The summed E-state index contributed by atoms with van der Waals surface area (Å²) in [6, 6.07) is 5.31. The van der Waals surface area contributed by atoms with Gasteiger partial charge in [0.2, 0.25) is 0 Å². The average molecular weight is 260 g/mol. The van der Waals surface area contributed by atoms with E-state index in [1.807, 2.05) is 0 Å². The van der Waals surface area contributed by atoms with Gasteiger partial charge in [0.25, 0.3) is 0 Å². The summed E-state index contributed by atoms with van der Waals surface area (Å²) in [5.41, 5.74) is 0.659. The molecule has 0 spiro atoms. The standard InChI is InChI=1S/C15H16O4/c1-3-4-5-11-19-15-12(9-10-14(16)17)7-6-8-13(15)18-2/h6-10H,5,11H2,1-2H3,(H,16,17)/b10-9+. The quantitative estimate of drug-likeness (QED) is 0.485. The highest BCUT2D eigenvalue weighted by atomic mass is 16.5. The Morgan fingerprint density at radius 3 is 2.89 bits per heavy atom. The van der Waals surface area contributed by atoms with Crippen molar-refractivity contribution in [3.05, 3.63) is 29.8 Å². The first-order valence-electron chi connectivity index (χ1n) is 5.79. The molecule has 0 saturated carbocycles. The molecule has 4 heteroatoms. The van der Waals surface area contributed by atoms with Gasteiger partial charge in [-0.1, -0.05) is 12.1 Å². The minimum atomic E-state index is -1.01. The monoisotopic (exact) mass is 260 g/mol. The van der Waals surface area contributed by atoms with Crippen molar-refractivity contribution in [2.24, 2.45) is 0 Å². The summed E-state index contributed by atoms with van der Waals surface area (Å²) in [6.45, 7) is 2.19. The van der Waals surface area contributed by atoms with Gasteiger partial charge in [-0.05, 0) is 19.1 Å². The third kappa shape index (κ3) is 4.76. The van der Waals surface area contributed by atoms with Crippen LogP contribution in [0.4, 0.5) is 0 Å². The smallest absolute Gasteiger partial charge is 0.328 e. The van der Waals surface area contributed by atoms with Crippen molar-refractivity contribution in [2.75, 3.05) is 13.7 Å². The summed E-state index contributed by atoms with van der Waals surface area (Å²) in [5, 5.41) is 8.66. The van der Waals surface area contributed by atoms with Gasteiger partial charge in [0, 0.05) is 18.1 Å². The number of methoxy groups -OCH3 is 1. The van der Waals surface area contributed by atoms with E-state index in [2.05, 4.69) is 11.8 Å². The van der Waals surface area contributed by atoms with Crippen LogP contribution < -0.4 is 9.47 Å². The molecule has 4 nitrogen and oxygen atoms in total. The Morgan fingerprint density at radius 2 is 2.26 bits per heavy atom. The third-order valence-electron chi connectivity index (χ3n) is 2.28. The zero-order chi connectivity index (χ0) is 14.1. The van der Waals surface area contributed by atoms with E-state index in [1.165, 1.54) is 6.08 Å². The Labute approximate surface area is 112 Å². The van der Waals surface area contributed by atoms with Gasteiger partial charge >= 0.3 is 5.97 Å². The van der Waals surface area contributed by atoms with E-state index >= 15 is 0 Å². The molecule has 0 aromatic heterocycles. The fourth-order valence-electron chi connectivity index (χ4n) is 1.47. The number of hydrogen-bond acceptors (Lipinski definition) is 3. The molecule has 19 heavy (non-hydrogen) atoms. The number of rotatable bonds is 6. The van der Waals surface area contributed by atoms with E-state index in [9.17, 15) is 4.79 Å². The molecule has 0 radical (unpaired) electrons. The number of carboxylic acids is 1. The molecule has 0 amide bonds. The molecule has 1 aromatic rings. The Morgan fingerprint density at radius 1 is 1.47 bits per heavy atom. The van der Waals surface area contributed by atoms with E-state index in [4.69, 9.17) is 14.6 Å². The maximum absolute atomic E-state index is 10.6. The molecule has 0 saturated heterocycles. The molecular formula is C15H16O4. The highest BCUT2D eigenvalue weighted by Gasteiger charge is 2.08. The van der Waals surface area contributed by atoms with Gasteiger partial charge in [-0.3, -0.25) is 0 Å². The van der Waals surface area contributed by atoms with Crippen molar-refractivity contribution in [3.8, 4) is 23.3 Å². The number of carboxylic acid groups (broad SMARTS) is 1. The van der Waals surface area contributed by atoms with Crippen molar-refractivity contribution in [2.45, 2.75) is 13.3 Å². The Balaban J connectivity index is 2.94. The second-order valence-corrected chi connectivity index (χ2v) is 3.58. The lowest BCUT2D eigenvalue weighted by molar-refractivity contribution is -0.131. The SMILES string of the molecule is CC#CCCOc1c(/C=C/C(=O)O)cccc1OC. The maximum Gasteiger partial charge on any atom is 0.328 e. The number of aliphatic carboxylic acids is 1. The second-order valence-electron chi connectivity index (χ2n) is 3.58. The molecule has 0 aliphatic carbocycles. The first-order chi connectivity index (χ1) is 9.19. The first kappa shape index (κ1) is 14.7. The lowest BCUT2D eigenvalue weighted by Gasteiger charge is -2.12. The van der Waals surface area contributed by atoms with E-state index in [0.717, 1.165) is 6.08 Å². The van der Waals surface area contributed by atoms with Crippen LogP contribution in [-0.2, 0) is 4.79 Å². The fraction of sp³-hybridized carbons (Fsp3) is 0.267. The van der Waals surface area contributed by atoms with E-state index in [-0.39, 0.29) is 0 Å². The predicted molar refractivity (Wildman–Crippen MR) is 73.2 cm³/mol. The third-order valence-corrected chi connectivity index (χ3v) is 2.28. The molecular weight excluding hydrogens is 244 g/mol. The fourth-order valence-corrected chi connectivity index (χ4v) is 1.47. The van der Waals surface area contributed by atoms with Crippen molar-refractivity contribution in [1.29, 1.82) is 0 Å². The molecule has 0 unspecified atom stereocenters. The van der Waals surface area contributed by atoms with Crippen molar-refractivity contribution < 1.29 is 19.4 Å². The van der Waals surface area contributed by atoms with Crippen LogP contribution in [0.1, 0.15) is 18.9 Å². The van der Waals surface area contributed by atoms with E-state index in [0.29, 0.717) is 30.1 Å². The Bertz CT molecular complexity index is 521. The molecule has 0 heterocycles. The number of carbonyl (C=O) groups is 1. The van der Waals surface area contributed by atoms with Crippen LogP contribution in [0, 0.1) is 11.8 Å². The minimum Gasteiger partial charge on any atom is -0.493 e. The predicted octanol–water partition coefficient (Wildman–Crippen LogP) is 2.59. The van der Waals surface area contributed by atoms with Gasteiger partial charge in [-0.2, -0.15) is 0 Å². The summed E-state index contributed by atoms with van der Waals surface area (Å²) in [6.07, 6.45) is 3.15. The Hall–Kier alpha value is -2.41. The normalized spacial score (nSPS) is 9.79. The lowest BCUT2D eigenvalue weighted by Crippen LogP contribution is -2.00. The first-order valence-corrected chi connectivity index (χ1v) is 5.79. The van der Waals surface area contributed by atoms with Crippen LogP contribution in [0.5, 0.6) is 11.5 Å². The summed E-state index contributed by atoms with van der Waals surface area (Å²) < 4.78 is 10.8. The van der Waals surface area contributed by atoms with Crippen LogP contribution >= 0.6 is 0 Å². The maximum atomic E-state index is 10.6. The van der Waals surface area contributed by atoms with Crippen molar-refractivity contribution >= 4 is 12.0 Å². The topological polar surface area (TPSA) is 55.8 Å². The molecule has 0 bridgehead atoms. The second kappa shape index (κ2) is 7.83. The number of hydrogen-bond donors (Lipinski definition) is 1. The van der Waals surface area contributed by atoms with Gasteiger partial charge in [0.15, 0.2) is 11.5 Å². The zero-order valence-electron chi connectivity index (χ0n) is 11.0. The zero-order valence-corrected chi connectivity index (χ0v) is 11.0. The number of para-hydroxylation sites is 1.